The number of hydrogen-bond acceptors (Lipinski definition) is 5. The van der Waals surface area contributed by atoms with Gasteiger partial charge in [0.05, 0.1) is 6.61 Å². The summed E-state index contributed by atoms with van der Waals surface area (Å²) in [5, 5.41) is 2.81. The minimum Gasteiger partial charge on any atom is -0.464 e. The molecule has 0 radical (unpaired) electrons. The molecule has 0 saturated carbocycles. The molecule has 182 valence electrons. The van der Waals surface area contributed by atoms with Gasteiger partial charge in [-0.3, -0.25) is 4.79 Å². The van der Waals surface area contributed by atoms with Crippen LogP contribution < -0.4 is 10.1 Å². The molecule has 2 aromatic rings. The maximum Gasteiger partial charge on any atom is 0.410 e. The summed E-state index contributed by atoms with van der Waals surface area (Å²) in [5.74, 6) is 1.01. The Labute approximate surface area is 201 Å². The Bertz CT molecular complexity index is 1020. The normalized spacial score (nSPS) is 18.6. The number of carbonyl (C=O) groups is 2. The van der Waals surface area contributed by atoms with E-state index in [0.717, 1.165) is 35.3 Å². The van der Waals surface area contributed by atoms with E-state index in [1.807, 2.05) is 64.1 Å². The van der Waals surface area contributed by atoms with E-state index in [1.54, 1.807) is 4.90 Å². The Morgan fingerprint density at radius 1 is 1.06 bits per heavy atom. The van der Waals surface area contributed by atoms with Gasteiger partial charge in [-0.2, -0.15) is 0 Å². The molecule has 4 rings (SSSR count). The summed E-state index contributed by atoms with van der Waals surface area (Å²) in [7, 11) is 0. The third-order valence-electron chi connectivity index (χ3n) is 6.10. The van der Waals surface area contributed by atoms with Gasteiger partial charge in [-0.15, -0.1) is 0 Å². The van der Waals surface area contributed by atoms with Gasteiger partial charge in [0.25, 0.3) is 5.91 Å². The average Bonchev–Trinajstić information content (AvgIpc) is 2.83. The second kappa shape index (κ2) is 10.1. The molecule has 34 heavy (non-hydrogen) atoms. The summed E-state index contributed by atoms with van der Waals surface area (Å²) in [6, 6.07) is 13.7. The average molecular weight is 467 g/mol. The number of likely N-dealkylation sites (tertiary alicyclic amines) is 1. The third-order valence-corrected chi connectivity index (χ3v) is 6.10. The molecular weight excluding hydrogens is 432 g/mol. The Morgan fingerprint density at radius 3 is 2.38 bits per heavy atom. The number of carbonyl (C=O) groups excluding carboxylic acids is 2. The van der Waals surface area contributed by atoms with Crippen molar-refractivity contribution in [3.05, 3.63) is 53.6 Å². The first-order valence-corrected chi connectivity index (χ1v) is 12.0. The van der Waals surface area contributed by atoms with Gasteiger partial charge in [0, 0.05) is 36.7 Å². The number of nitrogens with zero attached hydrogens (tertiary/aromatic N) is 1. The molecule has 7 heteroatoms. The molecule has 0 bridgehead atoms. The SMILES string of the molecule is CCNC(=O)c1ccc(-c2ccc3c(c2)COC(C2CCN(C(=O)OC(C)(C)C)CC2)O3)cc1. The van der Waals surface area contributed by atoms with Crippen molar-refractivity contribution < 1.29 is 23.8 Å². The minimum atomic E-state index is -0.488. The second-order valence-corrected chi connectivity index (χ2v) is 9.86. The quantitative estimate of drug-likeness (QED) is 0.687. The molecule has 0 aliphatic carbocycles. The van der Waals surface area contributed by atoms with Crippen LogP contribution in [0.25, 0.3) is 11.1 Å². The molecule has 0 aromatic heterocycles. The number of fused-ring (bicyclic) bond motifs is 1. The summed E-state index contributed by atoms with van der Waals surface area (Å²) in [4.78, 5) is 26.1. The molecule has 2 heterocycles. The number of benzene rings is 2. The van der Waals surface area contributed by atoms with E-state index in [4.69, 9.17) is 14.2 Å². The largest absolute Gasteiger partial charge is 0.464 e. The summed E-state index contributed by atoms with van der Waals surface area (Å²) in [5.41, 5.74) is 3.26. The molecular formula is C27H34N2O5. The lowest BCUT2D eigenvalue weighted by atomic mass is 9.95. The number of nitrogens with one attached hydrogen (secondary N) is 1. The summed E-state index contributed by atoms with van der Waals surface area (Å²) >= 11 is 0. The van der Waals surface area contributed by atoms with Gasteiger partial charge in [-0.1, -0.05) is 18.2 Å². The molecule has 2 aromatic carbocycles. The van der Waals surface area contributed by atoms with Gasteiger partial charge in [0.2, 0.25) is 6.29 Å². The van der Waals surface area contributed by atoms with Crippen LogP contribution in [0.1, 0.15) is 56.5 Å². The summed E-state index contributed by atoms with van der Waals surface area (Å²) < 4.78 is 17.8. The van der Waals surface area contributed by atoms with Crippen LogP contribution in [0.3, 0.4) is 0 Å². The van der Waals surface area contributed by atoms with Crippen LogP contribution in [0.4, 0.5) is 4.79 Å². The summed E-state index contributed by atoms with van der Waals surface area (Å²) in [6.45, 7) is 9.91. The Balaban J connectivity index is 1.35. The van der Waals surface area contributed by atoms with Crippen molar-refractivity contribution in [2.24, 2.45) is 5.92 Å². The second-order valence-electron chi connectivity index (χ2n) is 9.86. The van der Waals surface area contributed by atoms with E-state index >= 15 is 0 Å². The molecule has 1 N–H and O–H groups in total. The number of rotatable bonds is 4. The van der Waals surface area contributed by atoms with E-state index < -0.39 is 5.60 Å². The van der Waals surface area contributed by atoms with Crippen LogP contribution in [0, 0.1) is 5.92 Å². The number of ether oxygens (including phenoxy) is 3. The molecule has 1 fully saturated rings. The number of piperidine rings is 1. The van der Waals surface area contributed by atoms with Crippen LogP contribution in [-0.2, 0) is 16.1 Å². The lowest BCUT2D eigenvalue weighted by molar-refractivity contribution is -0.149. The van der Waals surface area contributed by atoms with E-state index in [1.165, 1.54) is 0 Å². The van der Waals surface area contributed by atoms with E-state index in [-0.39, 0.29) is 24.2 Å². The van der Waals surface area contributed by atoms with Crippen LogP contribution in [-0.4, -0.2) is 48.4 Å². The van der Waals surface area contributed by atoms with Gasteiger partial charge < -0.3 is 24.4 Å². The predicted molar refractivity (Wildman–Crippen MR) is 130 cm³/mol. The van der Waals surface area contributed by atoms with Gasteiger partial charge in [0.15, 0.2) is 0 Å². The zero-order valence-electron chi connectivity index (χ0n) is 20.4. The highest BCUT2D eigenvalue weighted by molar-refractivity contribution is 5.94. The highest BCUT2D eigenvalue weighted by Crippen LogP contribution is 2.35. The Kier molecular flexibility index (Phi) is 7.12. The van der Waals surface area contributed by atoms with Crippen molar-refractivity contribution in [1.82, 2.24) is 10.2 Å². The predicted octanol–water partition coefficient (Wildman–Crippen LogP) is 4.99. The highest BCUT2D eigenvalue weighted by atomic mass is 16.7. The summed E-state index contributed by atoms with van der Waals surface area (Å²) in [6.07, 6.45) is 1.06. The first-order valence-electron chi connectivity index (χ1n) is 12.0. The first-order chi connectivity index (χ1) is 16.2. The van der Waals surface area contributed by atoms with Gasteiger partial charge in [-0.25, -0.2) is 4.79 Å². The third kappa shape index (κ3) is 5.70. The van der Waals surface area contributed by atoms with Crippen molar-refractivity contribution in [2.45, 2.75) is 59.0 Å². The topological polar surface area (TPSA) is 77.1 Å². The van der Waals surface area contributed by atoms with Crippen LogP contribution in [0.5, 0.6) is 5.75 Å². The standard InChI is InChI=1S/C27H34N2O5/c1-5-28-24(30)19-8-6-18(7-9-19)21-10-11-23-22(16-21)17-32-25(33-23)20-12-14-29(15-13-20)26(31)34-27(2,3)4/h6-11,16,20,25H,5,12-15,17H2,1-4H3,(H,28,30). The highest BCUT2D eigenvalue weighted by Gasteiger charge is 2.34. The molecule has 1 atom stereocenters. The van der Waals surface area contributed by atoms with Crippen molar-refractivity contribution in [3.63, 3.8) is 0 Å². The lowest BCUT2D eigenvalue weighted by Gasteiger charge is -2.38. The molecule has 2 amide bonds. The van der Waals surface area contributed by atoms with Crippen molar-refractivity contribution in [1.29, 1.82) is 0 Å². The fourth-order valence-electron chi connectivity index (χ4n) is 4.31. The van der Waals surface area contributed by atoms with Crippen LogP contribution in [0.2, 0.25) is 0 Å². The fourth-order valence-corrected chi connectivity index (χ4v) is 4.31. The van der Waals surface area contributed by atoms with Gasteiger partial charge in [0.1, 0.15) is 11.4 Å². The molecule has 1 saturated heterocycles. The monoisotopic (exact) mass is 466 g/mol. The molecule has 0 spiro atoms. The van der Waals surface area contributed by atoms with E-state index in [0.29, 0.717) is 31.8 Å². The maximum atomic E-state index is 12.3. The first kappa shape index (κ1) is 24.1. The Hall–Kier alpha value is -3.06. The van der Waals surface area contributed by atoms with Crippen LogP contribution in [0.15, 0.2) is 42.5 Å². The number of amides is 2. The minimum absolute atomic E-state index is 0.0655. The van der Waals surface area contributed by atoms with Crippen molar-refractivity contribution >= 4 is 12.0 Å². The Morgan fingerprint density at radius 2 is 1.74 bits per heavy atom. The molecule has 2 aliphatic heterocycles. The zero-order chi connectivity index (χ0) is 24.3. The lowest BCUT2D eigenvalue weighted by Crippen LogP contribution is -2.45. The van der Waals surface area contributed by atoms with Crippen molar-refractivity contribution in [2.75, 3.05) is 19.6 Å². The van der Waals surface area contributed by atoms with Gasteiger partial charge in [-0.05, 0) is 75.9 Å². The van der Waals surface area contributed by atoms with Crippen molar-refractivity contribution in [3.8, 4) is 16.9 Å². The molecule has 7 nitrogen and oxygen atoms in total. The zero-order valence-corrected chi connectivity index (χ0v) is 20.4. The smallest absolute Gasteiger partial charge is 0.410 e. The van der Waals surface area contributed by atoms with E-state index in [2.05, 4.69) is 11.4 Å². The fraction of sp³-hybridized carbons (Fsp3) is 0.481. The number of hydrogen-bond donors (Lipinski definition) is 1. The van der Waals surface area contributed by atoms with E-state index in [9.17, 15) is 9.59 Å². The van der Waals surface area contributed by atoms with Gasteiger partial charge >= 0.3 is 6.09 Å². The molecule has 2 aliphatic rings. The maximum absolute atomic E-state index is 12.3. The van der Waals surface area contributed by atoms with Crippen LogP contribution >= 0.6 is 0 Å². The molecule has 1 unspecified atom stereocenters.